The molecule has 6 heteroatoms. The van der Waals surface area contributed by atoms with Crippen LogP contribution >= 0.6 is 11.6 Å². The van der Waals surface area contributed by atoms with E-state index in [1.165, 1.54) is 4.90 Å². The molecule has 0 aliphatic carbocycles. The lowest BCUT2D eigenvalue weighted by molar-refractivity contribution is -0.138. The second kappa shape index (κ2) is 8.29. The number of benzene rings is 2. The van der Waals surface area contributed by atoms with E-state index in [-0.39, 0.29) is 18.4 Å². The number of halogens is 1. The monoisotopic (exact) mass is 410 g/mol. The van der Waals surface area contributed by atoms with Gasteiger partial charge in [0.15, 0.2) is 0 Å². The number of rotatable bonds is 5. The van der Waals surface area contributed by atoms with E-state index in [9.17, 15) is 9.59 Å². The molecule has 2 aromatic carbocycles. The SMILES string of the molecule is COc1ccccc1C1=C(N2CCCCC2)C(=O)N(Cc2ccc(Cl)cc2)C1=O. The molecule has 4 rings (SSSR count). The van der Waals surface area contributed by atoms with Gasteiger partial charge in [-0.1, -0.05) is 41.9 Å². The predicted octanol–water partition coefficient (Wildman–Crippen LogP) is 4.11. The second-order valence-electron chi connectivity index (χ2n) is 7.29. The number of piperidine rings is 1. The zero-order chi connectivity index (χ0) is 20.4. The normalized spacial score (nSPS) is 17.3. The molecule has 2 heterocycles. The third-order valence-electron chi connectivity index (χ3n) is 5.45. The molecule has 0 spiro atoms. The van der Waals surface area contributed by atoms with Crippen LogP contribution < -0.4 is 4.74 Å². The van der Waals surface area contributed by atoms with Gasteiger partial charge in [0.25, 0.3) is 11.8 Å². The predicted molar refractivity (Wildman–Crippen MR) is 112 cm³/mol. The van der Waals surface area contributed by atoms with E-state index in [0.717, 1.165) is 37.9 Å². The van der Waals surface area contributed by atoms with Crippen molar-refractivity contribution in [1.82, 2.24) is 9.80 Å². The van der Waals surface area contributed by atoms with Crippen molar-refractivity contribution in [3.63, 3.8) is 0 Å². The zero-order valence-electron chi connectivity index (χ0n) is 16.4. The average molecular weight is 411 g/mol. The third kappa shape index (κ3) is 3.75. The van der Waals surface area contributed by atoms with E-state index in [2.05, 4.69) is 4.90 Å². The Labute approximate surface area is 175 Å². The maximum Gasteiger partial charge on any atom is 0.278 e. The van der Waals surface area contributed by atoms with Gasteiger partial charge in [0.1, 0.15) is 11.4 Å². The summed E-state index contributed by atoms with van der Waals surface area (Å²) < 4.78 is 5.49. The lowest BCUT2D eigenvalue weighted by Crippen LogP contribution is -2.36. The highest BCUT2D eigenvalue weighted by molar-refractivity contribution is 6.36. The van der Waals surface area contributed by atoms with Crippen molar-refractivity contribution >= 4 is 29.0 Å². The largest absolute Gasteiger partial charge is 0.496 e. The molecule has 1 saturated heterocycles. The topological polar surface area (TPSA) is 49.9 Å². The van der Waals surface area contributed by atoms with Gasteiger partial charge in [0.2, 0.25) is 0 Å². The van der Waals surface area contributed by atoms with E-state index in [0.29, 0.717) is 27.6 Å². The van der Waals surface area contributed by atoms with Gasteiger partial charge in [-0.3, -0.25) is 14.5 Å². The Morgan fingerprint density at radius 2 is 1.62 bits per heavy atom. The highest BCUT2D eigenvalue weighted by Crippen LogP contribution is 2.37. The molecule has 2 amide bonds. The van der Waals surface area contributed by atoms with Crippen LogP contribution in [0.15, 0.2) is 54.2 Å². The Hall–Kier alpha value is -2.79. The molecule has 2 aliphatic rings. The molecule has 150 valence electrons. The fraction of sp³-hybridized carbons (Fsp3) is 0.304. The van der Waals surface area contributed by atoms with Crippen molar-refractivity contribution in [3.8, 4) is 5.75 Å². The van der Waals surface area contributed by atoms with Crippen LogP contribution in [0.4, 0.5) is 0 Å². The molecule has 0 aromatic heterocycles. The number of methoxy groups -OCH3 is 1. The number of para-hydroxylation sites is 1. The number of carbonyl (C=O) groups is 2. The number of imide groups is 1. The number of nitrogens with zero attached hydrogens (tertiary/aromatic N) is 2. The molecule has 29 heavy (non-hydrogen) atoms. The molecule has 2 aromatic rings. The Morgan fingerprint density at radius 3 is 2.31 bits per heavy atom. The first-order valence-electron chi connectivity index (χ1n) is 9.83. The molecule has 0 saturated carbocycles. The second-order valence-corrected chi connectivity index (χ2v) is 7.73. The van der Waals surface area contributed by atoms with Crippen LogP contribution in [0.2, 0.25) is 5.02 Å². The van der Waals surface area contributed by atoms with Crippen molar-refractivity contribution in [2.24, 2.45) is 0 Å². The number of hydrogen-bond acceptors (Lipinski definition) is 4. The van der Waals surface area contributed by atoms with E-state index < -0.39 is 0 Å². The summed E-state index contributed by atoms with van der Waals surface area (Å²) in [6.45, 7) is 1.77. The van der Waals surface area contributed by atoms with E-state index in [1.54, 1.807) is 19.2 Å². The highest BCUT2D eigenvalue weighted by Gasteiger charge is 2.42. The molecule has 2 aliphatic heterocycles. The summed E-state index contributed by atoms with van der Waals surface area (Å²) in [5.41, 5.74) is 2.44. The number of carbonyl (C=O) groups excluding carboxylic acids is 2. The smallest absolute Gasteiger partial charge is 0.278 e. The number of hydrogen-bond donors (Lipinski definition) is 0. The maximum atomic E-state index is 13.4. The van der Waals surface area contributed by atoms with Gasteiger partial charge < -0.3 is 9.64 Å². The summed E-state index contributed by atoms with van der Waals surface area (Å²) in [6, 6.07) is 14.6. The summed E-state index contributed by atoms with van der Waals surface area (Å²) in [5.74, 6) is 0.0641. The van der Waals surface area contributed by atoms with Crippen LogP contribution in [0.3, 0.4) is 0 Å². The summed E-state index contributed by atoms with van der Waals surface area (Å²) in [4.78, 5) is 30.2. The number of likely N-dealkylation sites (tertiary alicyclic amines) is 1. The third-order valence-corrected chi connectivity index (χ3v) is 5.70. The minimum atomic E-state index is -0.282. The summed E-state index contributed by atoms with van der Waals surface area (Å²) >= 11 is 5.97. The lowest BCUT2D eigenvalue weighted by atomic mass is 10.0. The van der Waals surface area contributed by atoms with Crippen molar-refractivity contribution in [2.75, 3.05) is 20.2 Å². The van der Waals surface area contributed by atoms with Crippen molar-refractivity contribution in [1.29, 1.82) is 0 Å². The van der Waals surface area contributed by atoms with Crippen LogP contribution in [-0.4, -0.2) is 41.8 Å². The molecule has 0 radical (unpaired) electrons. The van der Waals surface area contributed by atoms with Crippen LogP contribution in [0, 0.1) is 0 Å². The van der Waals surface area contributed by atoms with Gasteiger partial charge in [-0.15, -0.1) is 0 Å². The minimum Gasteiger partial charge on any atom is -0.496 e. The van der Waals surface area contributed by atoms with Crippen LogP contribution in [-0.2, 0) is 16.1 Å². The van der Waals surface area contributed by atoms with Crippen LogP contribution in [0.5, 0.6) is 5.75 Å². The Morgan fingerprint density at radius 1 is 0.931 bits per heavy atom. The van der Waals surface area contributed by atoms with Gasteiger partial charge in [-0.05, 0) is 43.0 Å². The fourth-order valence-electron chi connectivity index (χ4n) is 3.98. The summed E-state index contributed by atoms with van der Waals surface area (Å²) in [5, 5.41) is 0.620. The minimum absolute atomic E-state index is 0.213. The standard InChI is InChI=1S/C23H23ClN2O3/c1-29-19-8-4-3-7-18(19)20-21(25-13-5-2-6-14-25)23(28)26(22(20)27)15-16-9-11-17(24)12-10-16/h3-4,7-12H,2,5-6,13-15H2,1H3. The van der Waals surface area contributed by atoms with E-state index in [4.69, 9.17) is 16.3 Å². The Bertz CT molecular complexity index is 962. The first kappa shape index (κ1) is 19.5. The van der Waals surface area contributed by atoms with Gasteiger partial charge in [-0.2, -0.15) is 0 Å². The maximum absolute atomic E-state index is 13.4. The van der Waals surface area contributed by atoms with Crippen molar-refractivity contribution in [3.05, 3.63) is 70.4 Å². The Kier molecular flexibility index (Phi) is 5.58. The molecular weight excluding hydrogens is 388 g/mol. The Balaban J connectivity index is 1.76. The van der Waals surface area contributed by atoms with Crippen LogP contribution in [0.25, 0.3) is 5.57 Å². The highest BCUT2D eigenvalue weighted by atomic mass is 35.5. The van der Waals surface area contributed by atoms with Gasteiger partial charge >= 0.3 is 0 Å². The quantitative estimate of drug-likeness (QED) is 0.696. The number of ether oxygens (including phenoxy) is 1. The van der Waals surface area contributed by atoms with Gasteiger partial charge in [0, 0.05) is 23.7 Å². The summed E-state index contributed by atoms with van der Waals surface area (Å²) in [7, 11) is 1.58. The first-order chi connectivity index (χ1) is 14.1. The molecule has 0 bridgehead atoms. The molecule has 0 unspecified atom stereocenters. The van der Waals surface area contributed by atoms with Crippen molar-refractivity contribution in [2.45, 2.75) is 25.8 Å². The summed E-state index contributed by atoms with van der Waals surface area (Å²) in [6.07, 6.45) is 3.17. The molecule has 1 fully saturated rings. The molecular formula is C23H23ClN2O3. The van der Waals surface area contributed by atoms with Crippen molar-refractivity contribution < 1.29 is 14.3 Å². The van der Waals surface area contributed by atoms with Gasteiger partial charge in [-0.25, -0.2) is 0 Å². The van der Waals surface area contributed by atoms with E-state index in [1.807, 2.05) is 36.4 Å². The zero-order valence-corrected chi connectivity index (χ0v) is 17.1. The number of amides is 2. The van der Waals surface area contributed by atoms with E-state index >= 15 is 0 Å². The first-order valence-corrected chi connectivity index (χ1v) is 10.2. The average Bonchev–Trinajstić information content (AvgIpc) is 3.00. The van der Waals surface area contributed by atoms with Crippen LogP contribution in [0.1, 0.15) is 30.4 Å². The molecule has 0 N–H and O–H groups in total. The molecule has 5 nitrogen and oxygen atoms in total. The molecule has 0 atom stereocenters. The lowest BCUT2D eigenvalue weighted by Gasteiger charge is -2.29. The fourth-order valence-corrected chi connectivity index (χ4v) is 4.11. The van der Waals surface area contributed by atoms with Gasteiger partial charge in [0.05, 0.1) is 19.2 Å².